The minimum absolute atomic E-state index is 0.168. The molecule has 136 valence electrons. The van der Waals surface area contributed by atoms with E-state index in [0.29, 0.717) is 17.7 Å². The fraction of sp³-hybridized carbons (Fsp3) is 0.300. The summed E-state index contributed by atoms with van der Waals surface area (Å²) >= 11 is 0. The number of rotatable bonds is 3. The molecule has 6 heteroatoms. The second-order valence-electron chi connectivity index (χ2n) is 7.42. The van der Waals surface area contributed by atoms with Crippen molar-refractivity contribution in [2.45, 2.75) is 33.2 Å². The number of hydrogen-bond donors (Lipinski definition) is 1. The van der Waals surface area contributed by atoms with Gasteiger partial charge >= 0.3 is 5.97 Å². The highest BCUT2D eigenvalue weighted by molar-refractivity contribution is 5.93. The molecule has 2 aromatic carbocycles. The Bertz CT molecular complexity index is 850. The van der Waals surface area contributed by atoms with Crippen molar-refractivity contribution in [2.75, 3.05) is 5.01 Å². The molecule has 0 radical (unpaired) electrons. The third-order valence-corrected chi connectivity index (χ3v) is 4.42. The molecule has 1 unspecified atom stereocenters. The average molecular weight is 358 g/mol. The van der Waals surface area contributed by atoms with Gasteiger partial charge in [-0.25, -0.2) is 13.6 Å². The zero-order valence-corrected chi connectivity index (χ0v) is 14.8. The van der Waals surface area contributed by atoms with E-state index in [1.807, 2.05) is 20.8 Å². The number of benzene rings is 2. The van der Waals surface area contributed by atoms with E-state index >= 15 is 0 Å². The second kappa shape index (κ2) is 6.52. The van der Waals surface area contributed by atoms with E-state index in [9.17, 15) is 13.6 Å². The topological polar surface area (TPSA) is 52.9 Å². The van der Waals surface area contributed by atoms with Crippen LogP contribution in [-0.2, 0) is 0 Å². The van der Waals surface area contributed by atoms with Gasteiger partial charge in [-0.3, -0.25) is 5.01 Å². The van der Waals surface area contributed by atoms with Crippen LogP contribution in [-0.4, -0.2) is 16.8 Å². The lowest BCUT2D eigenvalue weighted by molar-refractivity contribution is 0.0697. The van der Waals surface area contributed by atoms with Gasteiger partial charge in [0.25, 0.3) is 0 Å². The van der Waals surface area contributed by atoms with Crippen molar-refractivity contribution in [3.8, 4) is 0 Å². The van der Waals surface area contributed by atoms with Gasteiger partial charge in [-0.15, -0.1) is 0 Å². The Morgan fingerprint density at radius 2 is 1.69 bits per heavy atom. The Labute approximate surface area is 150 Å². The summed E-state index contributed by atoms with van der Waals surface area (Å²) in [5.74, 6) is -2.28. The average Bonchev–Trinajstić information content (AvgIpc) is 2.99. The maximum Gasteiger partial charge on any atom is 0.335 e. The van der Waals surface area contributed by atoms with Crippen LogP contribution < -0.4 is 5.01 Å². The van der Waals surface area contributed by atoms with Gasteiger partial charge in [0.2, 0.25) is 0 Å². The molecular weight excluding hydrogens is 338 g/mol. The molecule has 2 aromatic rings. The number of aromatic carboxylic acids is 1. The minimum atomic E-state index is -1.01. The van der Waals surface area contributed by atoms with Crippen molar-refractivity contribution >= 4 is 17.4 Å². The number of carbonyl (C=O) groups is 1. The predicted molar refractivity (Wildman–Crippen MR) is 96.5 cm³/mol. The third-order valence-electron chi connectivity index (χ3n) is 4.42. The zero-order chi connectivity index (χ0) is 19.1. The summed E-state index contributed by atoms with van der Waals surface area (Å²) in [5.41, 5.74) is 2.05. The first-order valence-electron chi connectivity index (χ1n) is 8.32. The molecule has 1 aliphatic rings. The van der Waals surface area contributed by atoms with E-state index in [1.165, 1.54) is 24.3 Å². The maximum atomic E-state index is 13.7. The highest BCUT2D eigenvalue weighted by Gasteiger charge is 2.34. The maximum absolute atomic E-state index is 13.7. The molecule has 0 spiro atoms. The van der Waals surface area contributed by atoms with E-state index in [1.54, 1.807) is 17.1 Å². The van der Waals surface area contributed by atoms with Crippen LogP contribution in [0.25, 0.3) is 0 Å². The molecule has 1 aliphatic heterocycles. The van der Waals surface area contributed by atoms with Crippen LogP contribution in [0.2, 0.25) is 0 Å². The molecule has 0 fully saturated rings. The van der Waals surface area contributed by atoms with E-state index in [2.05, 4.69) is 5.10 Å². The number of hydrazone groups is 1. The van der Waals surface area contributed by atoms with Crippen molar-refractivity contribution in [1.29, 1.82) is 0 Å². The quantitative estimate of drug-likeness (QED) is 0.838. The lowest BCUT2D eigenvalue weighted by atomic mass is 9.86. The number of anilines is 1. The van der Waals surface area contributed by atoms with Crippen LogP contribution in [0.4, 0.5) is 14.5 Å². The number of carboxylic acid groups (broad SMARTS) is 1. The summed E-state index contributed by atoms with van der Waals surface area (Å²) in [7, 11) is 0. The summed E-state index contributed by atoms with van der Waals surface area (Å²) in [5, 5.41) is 15.4. The van der Waals surface area contributed by atoms with E-state index in [4.69, 9.17) is 5.11 Å². The van der Waals surface area contributed by atoms with Crippen LogP contribution in [0.3, 0.4) is 0 Å². The van der Waals surface area contributed by atoms with Gasteiger partial charge in [-0.05, 0) is 42.0 Å². The fourth-order valence-electron chi connectivity index (χ4n) is 2.99. The summed E-state index contributed by atoms with van der Waals surface area (Å²) in [4.78, 5) is 11.1. The third kappa shape index (κ3) is 3.59. The summed E-state index contributed by atoms with van der Waals surface area (Å²) in [6.45, 7) is 6.10. The molecule has 1 N–H and O–H groups in total. The van der Waals surface area contributed by atoms with Gasteiger partial charge in [-0.1, -0.05) is 20.8 Å². The Balaban J connectivity index is 2.04. The van der Waals surface area contributed by atoms with Crippen molar-refractivity contribution in [3.63, 3.8) is 0 Å². The standard InChI is InChI=1S/C20H20F2N2O2/c1-20(2,3)18-11-17(13-8-14(21)10-15(22)9-13)24(23-18)16-6-4-12(5-7-16)19(25)26/h4-10,17H,11H2,1-3H3,(H,25,26). The van der Waals surface area contributed by atoms with Crippen LogP contribution in [0, 0.1) is 17.0 Å². The van der Waals surface area contributed by atoms with E-state index in [0.717, 1.165) is 11.8 Å². The molecular formula is C20H20F2N2O2. The lowest BCUT2D eigenvalue weighted by Crippen LogP contribution is -2.20. The molecule has 4 nitrogen and oxygen atoms in total. The van der Waals surface area contributed by atoms with Gasteiger partial charge < -0.3 is 5.11 Å². The molecule has 3 rings (SSSR count). The molecule has 0 aromatic heterocycles. The zero-order valence-electron chi connectivity index (χ0n) is 14.8. The molecule has 0 amide bonds. The van der Waals surface area contributed by atoms with Gasteiger partial charge in [0.05, 0.1) is 17.3 Å². The van der Waals surface area contributed by atoms with E-state index < -0.39 is 17.6 Å². The molecule has 0 saturated heterocycles. The number of carboxylic acids is 1. The smallest absolute Gasteiger partial charge is 0.335 e. The first-order chi connectivity index (χ1) is 12.1. The number of nitrogens with zero attached hydrogens (tertiary/aromatic N) is 2. The Morgan fingerprint density at radius 3 is 2.19 bits per heavy atom. The van der Waals surface area contributed by atoms with Gasteiger partial charge in [0, 0.05) is 23.6 Å². The SMILES string of the molecule is CC(C)(C)C1=NN(c2ccc(C(=O)O)cc2)C(c2cc(F)cc(F)c2)C1. The minimum Gasteiger partial charge on any atom is -0.478 e. The lowest BCUT2D eigenvalue weighted by Gasteiger charge is -2.24. The molecule has 1 heterocycles. The predicted octanol–water partition coefficient (Wildman–Crippen LogP) is 5.02. The van der Waals surface area contributed by atoms with Gasteiger partial charge in [-0.2, -0.15) is 5.10 Å². The highest BCUT2D eigenvalue weighted by atomic mass is 19.1. The highest BCUT2D eigenvalue weighted by Crippen LogP contribution is 2.39. The molecule has 1 atom stereocenters. The van der Waals surface area contributed by atoms with Crippen molar-refractivity contribution in [2.24, 2.45) is 10.5 Å². The summed E-state index contributed by atoms with van der Waals surface area (Å²) in [6.07, 6.45) is 0.535. The Morgan fingerprint density at radius 1 is 1.12 bits per heavy atom. The Hall–Kier alpha value is -2.76. The van der Waals surface area contributed by atoms with E-state index in [-0.39, 0.29) is 17.0 Å². The molecule has 0 saturated carbocycles. The molecule has 0 aliphatic carbocycles. The van der Waals surface area contributed by atoms with Crippen LogP contribution in [0.1, 0.15) is 49.2 Å². The first-order valence-corrected chi connectivity index (χ1v) is 8.32. The normalized spacial score (nSPS) is 17.3. The van der Waals surface area contributed by atoms with Gasteiger partial charge in [0.1, 0.15) is 11.6 Å². The van der Waals surface area contributed by atoms with Crippen LogP contribution in [0.15, 0.2) is 47.6 Å². The molecule has 26 heavy (non-hydrogen) atoms. The van der Waals surface area contributed by atoms with Crippen molar-refractivity contribution in [3.05, 3.63) is 65.2 Å². The van der Waals surface area contributed by atoms with Crippen LogP contribution >= 0.6 is 0 Å². The number of halogens is 2. The fourth-order valence-corrected chi connectivity index (χ4v) is 2.99. The summed E-state index contributed by atoms with van der Waals surface area (Å²) < 4.78 is 27.4. The van der Waals surface area contributed by atoms with Crippen molar-refractivity contribution < 1.29 is 18.7 Å². The monoisotopic (exact) mass is 358 g/mol. The number of hydrogen-bond acceptors (Lipinski definition) is 3. The van der Waals surface area contributed by atoms with Crippen molar-refractivity contribution in [1.82, 2.24) is 0 Å². The first kappa shape index (κ1) is 18.0. The second-order valence-corrected chi connectivity index (χ2v) is 7.42. The van der Waals surface area contributed by atoms with Gasteiger partial charge in [0.15, 0.2) is 0 Å². The Kier molecular flexibility index (Phi) is 4.52. The largest absolute Gasteiger partial charge is 0.478 e. The van der Waals surface area contributed by atoms with Crippen LogP contribution in [0.5, 0.6) is 0 Å². The molecule has 0 bridgehead atoms. The summed E-state index contributed by atoms with van der Waals surface area (Å²) in [6, 6.07) is 9.40.